The summed E-state index contributed by atoms with van der Waals surface area (Å²) in [5.74, 6) is 2.25. The van der Waals surface area contributed by atoms with Gasteiger partial charge in [0.25, 0.3) is 5.91 Å². The molecule has 1 aromatic carbocycles. The van der Waals surface area contributed by atoms with Crippen molar-refractivity contribution in [1.29, 1.82) is 0 Å². The maximum atomic E-state index is 13.9. The van der Waals surface area contributed by atoms with Gasteiger partial charge in [0.05, 0.1) is 25.5 Å². The van der Waals surface area contributed by atoms with Crippen LogP contribution in [0, 0.1) is 18.8 Å². The van der Waals surface area contributed by atoms with E-state index in [2.05, 4.69) is 31.2 Å². The van der Waals surface area contributed by atoms with E-state index in [1.54, 1.807) is 32.8 Å². The minimum atomic E-state index is -0.0773. The molecule has 2 aromatic heterocycles. The lowest BCUT2D eigenvalue weighted by Gasteiger charge is -2.51. The van der Waals surface area contributed by atoms with Crippen molar-refractivity contribution in [3.05, 3.63) is 65.2 Å². The Labute approximate surface area is 276 Å². The van der Waals surface area contributed by atoms with Crippen LogP contribution in [0.25, 0.3) is 11.4 Å². The number of likely N-dealkylation sites (tertiary alicyclic amines) is 1. The van der Waals surface area contributed by atoms with Crippen molar-refractivity contribution in [2.24, 2.45) is 11.8 Å². The second-order valence-corrected chi connectivity index (χ2v) is 13.0. The number of carbonyl (C=O) groups excluding carboxylic acids is 3. The third-order valence-electron chi connectivity index (χ3n) is 9.80. The summed E-state index contributed by atoms with van der Waals surface area (Å²) in [4.78, 5) is 57.8. The Morgan fingerprint density at radius 3 is 2.64 bits per heavy atom. The summed E-state index contributed by atoms with van der Waals surface area (Å²) < 4.78 is 11.3. The Balaban J connectivity index is 1.21. The molecule has 0 aliphatic carbocycles. The Hall–Kier alpha value is -4.54. The second kappa shape index (κ2) is 14.5. The highest BCUT2D eigenvalue weighted by Gasteiger charge is 2.43. The van der Waals surface area contributed by atoms with Gasteiger partial charge in [-0.15, -0.1) is 0 Å². The first-order valence-electron chi connectivity index (χ1n) is 16.7. The first-order chi connectivity index (χ1) is 22.8. The van der Waals surface area contributed by atoms with E-state index in [9.17, 15) is 14.4 Å². The van der Waals surface area contributed by atoms with Crippen LogP contribution in [-0.4, -0.2) is 88.9 Å². The quantitative estimate of drug-likeness (QED) is 0.453. The minimum absolute atomic E-state index is 0.0209. The lowest BCUT2D eigenvalue weighted by Crippen LogP contribution is -2.60. The van der Waals surface area contributed by atoms with Gasteiger partial charge in [0.15, 0.2) is 17.3 Å². The van der Waals surface area contributed by atoms with Gasteiger partial charge in [0, 0.05) is 69.2 Å². The lowest BCUT2D eigenvalue weighted by atomic mass is 9.77. The molecule has 4 bridgehead atoms. The number of carbonyl (C=O) groups is 3. The van der Waals surface area contributed by atoms with Gasteiger partial charge in [0.2, 0.25) is 11.8 Å². The standard InChI is InChI=1S/C36H44N6O5/c1-23-29(19-39-35(40-23)27-8-5-13-37-18-27)36(45)41-20-25-16-28(22-41)30-9-4-10-32(43)38-14-6-7-26-15-24(11-12-33(44)42(30)21-25)17-31(46-2)34(26)47-3/h5,8,13,15,17-19,25,28,30H,4,6-7,9-12,14,16,20-22H2,1-3H3,(H,38,43)/t25-,28+,30-/m0/s1. The fourth-order valence-electron chi connectivity index (χ4n) is 7.55. The third-order valence-corrected chi connectivity index (χ3v) is 9.80. The first kappa shape index (κ1) is 32.4. The molecule has 11 nitrogen and oxygen atoms in total. The van der Waals surface area contributed by atoms with E-state index in [-0.39, 0.29) is 35.6 Å². The smallest absolute Gasteiger partial charge is 0.257 e. The van der Waals surface area contributed by atoms with Crippen molar-refractivity contribution in [2.75, 3.05) is 40.4 Å². The van der Waals surface area contributed by atoms with E-state index < -0.39 is 0 Å². The van der Waals surface area contributed by atoms with Gasteiger partial charge in [-0.05, 0) is 86.6 Å². The normalized spacial score (nSPS) is 22.2. The van der Waals surface area contributed by atoms with E-state index in [1.165, 1.54) is 0 Å². The van der Waals surface area contributed by atoms with Crippen molar-refractivity contribution in [2.45, 2.75) is 64.3 Å². The summed E-state index contributed by atoms with van der Waals surface area (Å²) in [6.45, 7) is 4.16. The third kappa shape index (κ3) is 7.24. The Bertz CT molecular complexity index is 1610. The topological polar surface area (TPSA) is 127 Å². The molecule has 0 saturated carbocycles. The Kier molecular flexibility index (Phi) is 9.98. The largest absolute Gasteiger partial charge is 0.493 e. The summed E-state index contributed by atoms with van der Waals surface area (Å²) >= 11 is 0. The molecule has 3 aliphatic heterocycles. The fourth-order valence-corrected chi connectivity index (χ4v) is 7.55. The number of hydrogen-bond acceptors (Lipinski definition) is 8. The molecule has 3 aromatic rings. The molecule has 0 spiro atoms. The molecule has 2 saturated heterocycles. The van der Waals surface area contributed by atoms with Gasteiger partial charge >= 0.3 is 0 Å². The predicted octanol–water partition coefficient (Wildman–Crippen LogP) is 4.02. The number of benzene rings is 1. The zero-order chi connectivity index (χ0) is 32.9. The van der Waals surface area contributed by atoms with Gasteiger partial charge in [-0.3, -0.25) is 19.4 Å². The van der Waals surface area contributed by atoms with Gasteiger partial charge in [-0.1, -0.05) is 6.07 Å². The molecule has 0 unspecified atom stereocenters. The van der Waals surface area contributed by atoms with E-state index in [1.807, 2.05) is 30.0 Å². The number of aryl methyl sites for hydroxylation is 3. The summed E-state index contributed by atoms with van der Waals surface area (Å²) in [5.41, 5.74) is 3.96. The van der Waals surface area contributed by atoms with Crippen molar-refractivity contribution >= 4 is 17.7 Å². The zero-order valence-corrected chi connectivity index (χ0v) is 27.5. The molecular formula is C36H44N6O5. The number of fused-ring (bicyclic) bond motifs is 6. The number of pyridine rings is 1. The van der Waals surface area contributed by atoms with Crippen LogP contribution in [-0.2, 0) is 22.4 Å². The van der Waals surface area contributed by atoms with Crippen molar-refractivity contribution in [3.8, 4) is 22.9 Å². The molecular weight excluding hydrogens is 596 g/mol. The van der Waals surface area contributed by atoms with Crippen LogP contribution < -0.4 is 14.8 Å². The maximum absolute atomic E-state index is 13.9. The molecule has 1 N–H and O–H groups in total. The Morgan fingerprint density at radius 2 is 1.87 bits per heavy atom. The van der Waals surface area contributed by atoms with E-state index in [4.69, 9.17) is 9.47 Å². The van der Waals surface area contributed by atoms with Crippen LogP contribution >= 0.6 is 0 Å². The van der Waals surface area contributed by atoms with Gasteiger partial charge in [-0.25, -0.2) is 9.97 Å². The number of piperidine rings is 2. The molecule has 3 aliphatic rings. The number of amides is 3. The van der Waals surface area contributed by atoms with E-state index in [0.29, 0.717) is 80.4 Å². The van der Waals surface area contributed by atoms with Crippen LogP contribution in [0.4, 0.5) is 0 Å². The summed E-state index contributed by atoms with van der Waals surface area (Å²) in [7, 11) is 3.26. The van der Waals surface area contributed by atoms with E-state index >= 15 is 0 Å². The Morgan fingerprint density at radius 1 is 1.00 bits per heavy atom. The molecule has 0 radical (unpaired) electrons. The highest BCUT2D eigenvalue weighted by molar-refractivity contribution is 5.95. The summed E-state index contributed by atoms with van der Waals surface area (Å²) in [6, 6.07) is 7.75. The molecule has 6 rings (SSSR count). The maximum Gasteiger partial charge on any atom is 0.257 e. The van der Waals surface area contributed by atoms with Crippen LogP contribution in [0.2, 0.25) is 0 Å². The molecule has 47 heavy (non-hydrogen) atoms. The zero-order valence-electron chi connectivity index (χ0n) is 27.5. The van der Waals surface area contributed by atoms with Gasteiger partial charge in [0.1, 0.15) is 0 Å². The molecule has 5 heterocycles. The summed E-state index contributed by atoms with van der Waals surface area (Å²) in [6.07, 6.45) is 10.3. The van der Waals surface area contributed by atoms with Crippen LogP contribution in [0.15, 0.2) is 42.9 Å². The van der Waals surface area contributed by atoms with E-state index in [0.717, 1.165) is 42.4 Å². The van der Waals surface area contributed by atoms with Crippen molar-refractivity contribution < 1.29 is 23.9 Å². The highest BCUT2D eigenvalue weighted by atomic mass is 16.5. The number of nitrogens with zero attached hydrogens (tertiary/aromatic N) is 5. The average molecular weight is 641 g/mol. The number of rotatable bonds is 4. The van der Waals surface area contributed by atoms with Crippen molar-refractivity contribution in [3.63, 3.8) is 0 Å². The van der Waals surface area contributed by atoms with Crippen LogP contribution in [0.3, 0.4) is 0 Å². The summed E-state index contributed by atoms with van der Waals surface area (Å²) in [5, 5.41) is 3.06. The molecule has 3 atom stereocenters. The number of methoxy groups -OCH3 is 2. The second-order valence-electron chi connectivity index (χ2n) is 13.0. The monoisotopic (exact) mass is 640 g/mol. The first-order valence-corrected chi connectivity index (χ1v) is 16.7. The molecule has 2 fully saturated rings. The molecule has 3 amide bonds. The number of nitrogens with one attached hydrogen (secondary N) is 1. The predicted molar refractivity (Wildman–Crippen MR) is 176 cm³/mol. The lowest BCUT2D eigenvalue weighted by molar-refractivity contribution is -0.140. The SMILES string of the molecule is COc1cc2cc(c1OC)CCCNC(=O)CCC[C@H]1[C@@H]3C[C@@H](CN(C(=O)c4cnc(-c5cccnc5)nc4C)C3)CN1C(=O)CC2. The fraction of sp³-hybridized carbons (Fsp3) is 0.500. The van der Waals surface area contributed by atoms with Gasteiger partial charge in [-0.2, -0.15) is 0 Å². The molecule has 248 valence electrons. The average Bonchev–Trinajstić information content (AvgIpc) is 3.09. The number of hydrogen-bond donors (Lipinski definition) is 1. The van der Waals surface area contributed by atoms with Crippen molar-refractivity contribution in [1.82, 2.24) is 30.1 Å². The number of ether oxygens (including phenoxy) is 2. The minimum Gasteiger partial charge on any atom is -0.493 e. The van der Waals surface area contributed by atoms with Crippen LogP contribution in [0.1, 0.15) is 65.7 Å². The highest BCUT2D eigenvalue weighted by Crippen LogP contribution is 2.38. The number of aromatic nitrogens is 3. The van der Waals surface area contributed by atoms with Crippen LogP contribution in [0.5, 0.6) is 11.5 Å². The van der Waals surface area contributed by atoms with Gasteiger partial charge < -0.3 is 24.6 Å². The molecule has 11 heteroatoms.